The zero-order chi connectivity index (χ0) is 53.7. The lowest BCUT2D eigenvalue weighted by atomic mass is 9.57. The van der Waals surface area contributed by atoms with Crippen molar-refractivity contribution >= 4 is 101 Å². The number of fused-ring (bicyclic) bond motifs is 11. The molecule has 0 radical (unpaired) electrons. The van der Waals surface area contributed by atoms with Gasteiger partial charge in [0.25, 0.3) is 0 Å². The molecule has 79 heavy (non-hydrogen) atoms. The van der Waals surface area contributed by atoms with Crippen LogP contribution in [-0.2, 0) is 21.7 Å². The summed E-state index contributed by atoms with van der Waals surface area (Å²) >= 11 is 0. The van der Waals surface area contributed by atoms with Crippen LogP contribution in [0, 0.1) is 0 Å². The van der Waals surface area contributed by atoms with Crippen molar-refractivity contribution in [1.82, 2.24) is 0 Å². The summed E-state index contributed by atoms with van der Waals surface area (Å²) in [5, 5.41) is 11.0. The lowest BCUT2D eigenvalue weighted by Crippen LogP contribution is -2.41. The molecule has 0 atom stereocenters. The molecule has 3 heterocycles. The number of hydrogen-bond acceptors (Lipinski definition) is 4. The first kappa shape index (κ1) is 47.9. The second kappa shape index (κ2) is 17.1. The lowest BCUT2D eigenvalue weighted by Gasteiger charge is -2.41. The van der Waals surface area contributed by atoms with Crippen molar-refractivity contribution in [3.63, 3.8) is 0 Å². The number of hydrogen-bond donors (Lipinski definition) is 1. The van der Waals surface area contributed by atoms with Crippen molar-refractivity contribution in [2.24, 2.45) is 0 Å². The third kappa shape index (κ3) is 7.71. The standard InChI is InChI=1S/C74H65BN2O2/c1-71(2)29-31-73(5,6)60-41-67-54(38-58(60)71)52-28-27-51(37-66(52)78-67)77-64-43-69-56(55-39-59-61(42-68(55)79-69)74(7,8)32-30-72(59,3)4)40-62(64)75-70-57(34-49(36-65(70)77)45-19-13-10-14-20-45)53-33-47-21-15-16-22-48(47)35-63(53)76-50-25-23-46(24-26-50)44-17-11-9-12-18-44/h9-28,33-43,75-76H,29-32H2,1-8H3. The molecule has 5 heteroatoms. The molecule has 0 amide bonds. The van der Waals surface area contributed by atoms with Crippen molar-refractivity contribution < 1.29 is 8.83 Å². The first-order valence-corrected chi connectivity index (χ1v) is 28.6. The summed E-state index contributed by atoms with van der Waals surface area (Å²) in [5.74, 6) is 0. The van der Waals surface area contributed by atoms with Crippen molar-refractivity contribution in [3.05, 3.63) is 210 Å². The fourth-order valence-corrected chi connectivity index (χ4v) is 14.0. The molecule has 2 aromatic heterocycles. The van der Waals surface area contributed by atoms with E-state index < -0.39 is 0 Å². The number of nitrogens with one attached hydrogen (secondary N) is 1. The number of benzene rings is 10. The van der Waals surface area contributed by atoms with Gasteiger partial charge in [0.1, 0.15) is 22.3 Å². The Labute approximate surface area is 464 Å². The van der Waals surface area contributed by atoms with Crippen LogP contribution in [0.1, 0.15) is 103 Å². The molecule has 386 valence electrons. The quantitative estimate of drug-likeness (QED) is 0.169. The largest absolute Gasteiger partial charge is 0.456 e. The summed E-state index contributed by atoms with van der Waals surface area (Å²) < 4.78 is 14.1. The molecular weight excluding hydrogens is 960 g/mol. The molecule has 0 saturated heterocycles. The van der Waals surface area contributed by atoms with Gasteiger partial charge in [-0.1, -0.05) is 164 Å². The van der Waals surface area contributed by atoms with Gasteiger partial charge in [0.2, 0.25) is 0 Å². The zero-order valence-electron chi connectivity index (χ0n) is 46.7. The Morgan fingerprint density at radius 3 is 1.49 bits per heavy atom. The maximum atomic E-state index is 7.09. The van der Waals surface area contributed by atoms with Crippen LogP contribution in [0.15, 0.2) is 197 Å². The molecule has 4 nitrogen and oxygen atoms in total. The summed E-state index contributed by atoms with van der Waals surface area (Å²) in [6.45, 7) is 19.2. The molecule has 15 rings (SSSR count). The van der Waals surface area contributed by atoms with E-state index in [9.17, 15) is 0 Å². The van der Waals surface area contributed by atoms with Crippen LogP contribution in [0.2, 0.25) is 0 Å². The van der Waals surface area contributed by atoms with E-state index in [4.69, 9.17) is 8.83 Å². The highest BCUT2D eigenvalue weighted by Crippen LogP contribution is 2.52. The Hall–Kier alpha value is -8.28. The Kier molecular flexibility index (Phi) is 10.4. The minimum absolute atomic E-state index is 0.0612. The van der Waals surface area contributed by atoms with Gasteiger partial charge in [0.15, 0.2) is 7.28 Å². The van der Waals surface area contributed by atoms with E-state index in [1.54, 1.807) is 0 Å². The van der Waals surface area contributed by atoms with Crippen LogP contribution in [0.4, 0.5) is 28.4 Å². The Balaban J connectivity index is 0.979. The molecule has 1 N–H and O–H groups in total. The average molecular weight is 1030 g/mol. The first-order chi connectivity index (χ1) is 38.0. The highest BCUT2D eigenvalue weighted by Gasteiger charge is 2.40. The molecule has 1 aliphatic heterocycles. The molecule has 2 aliphatic carbocycles. The van der Waals surface area contributed by atoms with Crippen molar-refractivity contribution in [1.29, 1.82) is 0 Å². The fourth-order valence-electron chi connectivity index (χ4n) is 14.0. The smallest absolute Gasteiger partial charge is 0.198 e. The minimum atomic E-state index is 0.0612. The Bertz CT molecular complexity index is 4480. The van der Waals surface area contributed by atoms with Crippen molar-refractivity contribution in [2.75, 3.05) is 10.2 Å². The summed E-state index contributed by atoms with van der Waals surface area (Å²) in [7, 11) is 0.722. The van der Waals surface area contributed by atoms with Gasteiger partial charge in [0, 0.05) is 67.7 Å². The maximum absolute atomic E-state index is 7.09. The molecule has 0 saturated carbocycles. The first-order valence-electron chi connectivity index (χ1n) is 28.6. The van der Waals surface area contributed by atoms with E-state index in [2.05, 4.69) is 254 Å². The fraction of sp³-hybridized carbons (Fsp3) is 0.216. The van der Waals surface area contributed by atoms with Crippen molar-refractivity contribution in [3.8, 4) is 33.4 Å². The summed E-state index contributed by atoms with van der Waals surface area (Å²) in [6.07, 6.45) is 4.62. The van der Waals surface area contributed by atoms with E-state index in [1.807, 2.05) is 0 Å². The second-order valence-corrected chi connectivity index (χ2v) is 25.9. The summed E-state index contributed by atoms with van der Waals surface area (Å²) in [4.78, 5) is 2.51. The SMILES string of the molecule is CC1(C)CCC(C)(C)c2cc3c(cc21)oc1cc(N2c4cc5oc6cc7c(cc6c5cc4Bc4c(-c5cc6ccccc6cc5Nc5ccc(-c6ccccc6)cc5)cc(-c5ccccc5)cc42)C(C)(C)CCC7(C)C)ccc13. The van der Waals surface area contributed by atoms with Gasteiger partial charge in [-0.25, -0.2) is 0 Å². The molecule has 12 aromatic rings. The third-order valence-corrected chi connectivity index (χ3v) is 19.0. The van der Waals surface area contributed by atoms with Gasteiger partial charge in [-0.3, -0.25) is 0 Å². The van der Waals surface area contributed by atoms with Gasteiger partial charge in [-0.2, -0.15) is 0 Å². The second-order valence-electron chi connectivity index (χ2n) is 25.9. The average Bonchev–Trinajstić information content (AvgIpc) is 3.69. The van der Waals surface area contributed by atoms with Gasteiger partial charge in [0.05, 0.1) is 0 Å². The molecule has 0 fully saturated rings. The Morgan fingerprint density at radius 1 is 0.392 bits per heavy atom. The van der Waals surface area contributed by atoms with E-state index >= 15 is 0 Å². The van der Waals surface area contributed by atoms with E-state index in [1.165, 1.54) is 71.4 Å². The lowest BCUT2D eigenvalue weighted by molar-refractivity contribution is 0.332. The van der Waals surface area contributed by atoms with Gasteiger partial charge in [-0.05, 0) is 186 Å². The molecule has 0 spiro atoms. The Morgan fingerprint density at radius 2 is 0.886 bits per heavy atom. The van der Waals surface area contributed by atoms with E-state index in [0.29, 0.717) is 0 Å². The molecule has 0 unspecified atom stereocenters. The highest BCUT2D eigenvalue weighted by molar-refractivity contribution is 6.73. The predicted molar refractivity (Wildman–Crippen MR) is 336 cm³/mol. The topological polar surface area (TPSA) is 41.6 Å². The van der Waals surface area contributed by atoms with Crippen LogP contribution in [0.3, 0.4) is 0 Å². The van der Waals surface area contributed by atoms with Gasteiger partial charge < -0.3 is 19.1 Å². The van der Waals surface area contributed by atoms with Crippen LogP contribution < -0.4 is 21.1 Å². The highest BCUT2D eigenvalue weighted by atomic mass is 16.3. The molecule has 3 aliphatic rings. The van der Waals surface area contributed by atoms with E-state index in [-0.39, 0.29) is 21.7 Å². The van der Waals surface area contributed by atoms with Crippen LogP contribution in [0.25, 0.3) is 88.0 Å². The molecule has 0 bridgehead atoms. The van der Waals surface area contributed by atoms with Crippen molar-refractivity contribution in [2.45, 2.75) is 103 Å². The number of furan rings is 2. The monoisotopic (exact) mass is 1020 g/mol. The van der Waals surface area contributed by atoms with Crippen LogP contribution in [-0.4, -0.2) is 7.28 Å². The summed E-state index contributed by atoms with van der Waals surface area (Å²) in [6, 6.07) is 70.1. The van der Waals surface area contributed by atoms with Crippen LogP contribution in [0.5, 0.6) is 0 Å². The predicted octanol–water partition coefficient (Wildman–Crippen LogP) is 19.3. The number of anilines is 5. The summed E-state index contributed by atoms with van der Waals surface area (Å²) in [5.41, 5.74) is 24.6. The van der Waals surface area contributed by atoms with Gasteiger partial charge in [-0.15, -0.1) is 0 Å². The van der Waals surface area contributed by atoms with Crippen LogP contribution >= 0.6 is 0 Å². The van der Waals surface area contributed by atoms with E-state index in [0.717, 1.165) is 111 Å². The third-order valence-electron chi connectivity index (χ3n) is 19.0. The minimum Gasteiger partial charge on any atom is -0.456 e. The molecular formula is C74H65BN2O2. The number of rotatable bonds is 6. The zero-order valence-corrected chi connectivity index (χ0v) is 46.7. The molecule has 10 aromatic carbocycles. The normalized spacial score (nSPS) is 16.6. The maximum Gasteiger partial charge on any atom is 0.198 e. The number of nitrogens with zero attached hydrogens (tertiary/aromatic N) is 1. The van der Waals surface area contributed by atoms with Gasteiger partial charge >= 0.3 is 0 Å².